The van der Waals surface area contributed by atoms with Crippen molar-refractivity contribution >= 4 is 34.2 Å². The van der Waals surface area contributed by atoms with Crippen molar-refractivity contribution in [1.29, 1.82) is 0 Å². The van der Waals surface area contributed by atoms with E-state index in [1.165, 1.54) is 11.1 Å². The lowest BCUT2D eigenvalue weighted by molar-refractivity contribution is -0.417. The van der Waals surface area contributed by atoms with Crippen molar-refractivity contribution in [1.82, 2.24) is 0 Å². The van der Waals surface area contributed by atoms with Gasteiger partial charge in [-0.1, -0.05) is 102 Å². The van der Waals surface area contributed by atoms with Crippen LogP contribution in [0.1, 0.15) is 16.7 Å². The first-order chi connectivity index (χ1) is 16.2. The molecule has 0 saturated heterocycles. The first-order valence-electron chi connectivity index (χ1n) is 11.1. The summed E-state index contributed by atoms with van der Waals surface area (Å²) in [4.78, 5) is 0. The third-order valence-electron chi connectivity index (χ3n) is 6.36. The number of rotatable bonds is 3. The average molecular weight is 426 g/mol. The normalized spacial score (nSPS) is 13.7. The molecule has 0 radical (unpaired) electrons. The standard InChI is InChI=1S/C31H23NO/c1-21-13-15-27-26-16-14-24(22-9-5-3-6-10-22)20-29(26)33-31(27)30(21)28-19-25(17-18-32(28)2)23-11-7-4-8-12-23/h3-20H,2H2,1H3. The van der Waals surface area contributed by atoms with Gasteiger partial charge in [-0.25, -0.2) is 0 Å². The lowest BCUT2D eigenvalue weighted by atomic mass is 9.92. The molecule has 0 aliphatic carbocycles. The molecule has 1 aliphatic heterocycles. The van der Waals surface area contributed by atoms with Crippen LogP contribution < -0.4 is 0 Å². The average Bonchev–Trinajstić information content (AvgIpc) is 3.23. The number of nitrogens with zero attached hydrogens (tertiary/aromatic N) is 1. The lowest BCUT2D eigenvalue weighted by Gasteiger charge is -2.20. The Labute approximate surface area is 193 Å². The van der Waals surface area contributed by atoms with Gasteiger partial charge in [0.05, 0.1) is 12.3 Å². The van der Waals surface area contributed by atoms with Crippen LogP contribution in [0.5, 0.6) is 0 Å². The van der Waals surface area contributed by atoms with E-state index in [-0.39, 0.29) is 0 Å². The van der Waals surface area contributed by atoms with E-state index in [4.69, 9.17) is 4.42 Å². The van der Waals surface area contributed by atoms with Gasteiger partial charge in [0.25, 0.3) is 11.2 Å². The molecule has 0 atom stereocenters. The highest BCUT2D eigenvalue weighted by molar-refractivity contribution is 6.07. The number of benzene rings is 4. The quantitative estimate of drug-likeness (QED) is 0.164. The van der Waals surface area contributed by atoms with E-state index in [2.05, 4.69) is 105 Å². The van der Waals surface area contributed by atoms with E-state index in [9.17, 15) is 0 Å². The van der Waals surface area contributed by atoms with Crippen LogP contribution in [-0.2, 0) is 0 Å². The fraction of sp³-hybridized carbons (Fsp3) is 0.0323. The van der Waals surface area contributed by atoms with Gasteiger partial charge in [0.1, 0.15) is 6.20 Å². The first kappa shape index (κ1) is 19.4. The molecule has 158 valence electrons. The van der Waals surface area contributed by atoms with Gasteiger partial charge in [0.15, 0.2) is 6.04 Å². The van der Waals surface area contributed by atoms with Crippen LogP contribution in [0.2, 0.25) is 0 Å². The molecule has 2 heterocycles. The second-order valence-electron chi connectivity index (χ2n) is 8.45. The summed E-state index contributed by atoms with van der Waals surface area (Å²) in [5, 5.41) is 2.25. The number of aryl methyl sites for hydroxylation is 1. The molecular weight excluding hydrogens is 402 g/mol. The molecule has 2 heteroatoms. The molecule has 1 aromatic heterocycles. The van der Waals surface area contributed by atoms with E-state index < -0.39 is 0 Å². The van der Waals surface area contributed by atoms with E-state index in [0.29, 0.717) is 0 Å². The molecule has 2 nitrogen and oxygen atoms in total. The van der Waals surface area contributed by atoms with Gasteiger partial charge in [-0.2, -0.15) is 0 Å². The number of fused-ring (bicyclic) bond motifs is 3. The number of hydrogen-bond acceptors (Lipinski definition) is 0. The Balaban J connectivity index is 1.53. The zero-order valence-electron chi connectivity index (χ0n) is 18.5. The van der Waals surface area contributed by atoms with Gasteiger partial charge in [0, 0.05) is 0 Å². The van der Waals surface area contributed by atoms with Crippen LogP contribution in [0.4, 0.5) is 0 Å². The molecule has 0 amide bonds. The van der Waals surface area contributed by atoms with Crippen molar-refractivity contribution in [3.63, 3.8) is 0 Å². The first-order valence-corrected chi connectivity index (χ1v) is 11.1. The van der Waals surface area contributed by atoms with Crippen molar-refractivity contribution in [2.24, 2.45) is 0 Å². The zero-order valence-corrected chi connectivity index (χ0v) is 18.5. The maximum atomic E-state index is 6.54. The summed E-state index contributed by atoms with van der Waals surface area (Å²) in [6.45, 7) is 6.39. The third kappa shape index (κ3) is 3.28. The third-order valence-corrected chi connectivity index (χ3v) is 6.36. The summed E-state index contributed by atoms with van der Waals surface area (Å²) in [5.74, 6) is 0. The molecule has 0 unspecified atom stereocenters. The Morgan fingerprint density at radius 3 is 2.27 bits per heavy atom. The molecule has 5 aromatic rings. The number of hydrogen-bond donors (Lipinski definition) is 0. The van der Waals surface area contributed by atoms with Crippen LogP contribution >= 0.6 is 0 Å². The van der Waals surface area contributed by atoms with Gasteiger partial charge >= 0.3 is 0 Å². The monoisotopic (exact) mass is 425 g/mol. The number of allylic oxidation sites excluding steroid dienone is 2. The molecule has 0 saturated carbocycles. The second kappa shape index (κ2) is 7.68. The topological polar surface area (TPSA) is 14.3 Å². The minimum Gasteiger partial charge on any atom is -0.286 e. The van der Waals surface area contributed by atoms with Crippen molar-refractivity contribution < 1.29 is 8.99 Å². The maximum Gasteiger partial charge on any atom is 0.279 e. The highest BCUT2D eigenvalue weighted by Gasteiger charge is 2.27. The maximum absolute atomic E-state index is 6.54. The van der Waals surface area contributed by atoms with Gasteiger partial charge in [0.2, 0.25) is 0 Å². The summed E-state index contributed by atoms with van der Waals surface area (Å²) in [6.07, 6.45) is 6.32. The predicted molar refractivity (Wildman–Crippen MR) is 137 cm³/mol. The van der Waals surface area contributed by atoms with E-state index in [0.717, 1.165) is 50.2 Å². The summed E-state index contributed by atoms with van der Waals surface area (Å²) >= 11 is 0. The smallest absolute Gasteiger partial charge is 0.279 e. The molecule has 6 rings (SSSR count). The Kier molecular flexibility index (Phi) is 4.51. The van der Waals surface area contributed by atoms with Crippen molar-refractivity contribution in [3.8, 4) is 11.1 Å². The Hall–Kier alpha value is -4.30. The minimum absolute atomic E-state index is 0.896. The Morgan fingerprint density at radius 2 is 1.52 bits per heavy atom. The SMILES string of the molecule is C=[N+]1C=CC(c2ccccc2)=C[C-]1c1c(C)ccc2c1[o+][c-]1cc(-c3ccccc3)ccc21. The molecule has 0 bridgehead atoms. The van der Waals surface area contributed by atoms with Crippen LogP contribution in [0, 0.1) is 13.0 Å². The van der Waals surface area contributed by atoms with Crippen LogP contribution in [-0.4, -0.2) is 11.3 Å². The van der Waals surface area contributed by atoms with Gasteiger partial charge in [-0.15, -0.1) is 12.1 Å². The highest BCUT2D eigenvalue weighted by Crippen LogP contribution is 2.39. The van der Waals surface area contributed by atoms with Crippen LogP contribution in [0.15, 0.2) is 114 Å². The van der Waals surface area contributed by atoms with Gasteiger partial charge in [-0.3, -0.25) is 8.99 Å². The van der Waals surface area contributed by atoms with Crippen LogP contribution in [0.25, 0.3) is 38.6 Å². The van der Waals surface area contributed by atoms with Gasteiger partial charge in [-0.05, 0) is 34.6 Å². The fourth-order valence-corrected chi connectivity index (χ4v) is 4.62. The predicted octanol–water partition coefficient (Wildman–Crippen LogP) is 7.77. The highest BCUT2D eigenvalue weighted by atomic mass is 16.3. The molecule has 1 aliphatic rings. The van der Waals surface area contributed by atoms with Crippen LogP contribution in [0.3, 0.4) is 0 Å². The summed E-state index contributed by atoms with van der Waals surface area (Å²) in [5.41, 5.74) is 8.71. The molecule has 33 heavy (non-hydrogen) atoms. The second-order valence-corrected chi connectivity index (χ2v) is 8.45. The number of furan rings is 1. The van der Waals surface area contributed by atoms with Gasteiger partial charge < -0.3 is 0 Å². The summed E-state index contributed by atoms with van der Waals surface area (Å²) in [6, 6.07) is 32.7. The Bertz CT molecular complexity index is 1570. The molecule has 0 fully saturated rings. The largest absolute Gasteiger partial charge is 0.286 e. The molecular formula is C31H23NO. The van der Waals surface area contributed by atoms with Crippen molar-refractivity contribution in [3.05, 3.63) is 132 Å². The zero-order chi connectivity index (χ0) is 22.4. The molecule has 0 N–H and O–H groups in total. The van der Waals surface area contributed by atoms with E-state index >= 15 is 0 Å². The van der Waals surface area contributed by atoms with Crippen molar-refractivity contribution in [2.75, 3.05) is 0 Å². The van der Waals surface area contributed by atoms with Crippen molar-refractivity contribution in [2.45, 2.75) is 6.92 Å². The summed E-state index contributed by atoms with van der Waals surface area (Å²) < 4.78 is 8.47. The fourth-order valence-electron chi connectivity index (χ4n) is 4.62. The Morgan fingerprint density at radius 1 is 0.788 bits per heavy atom. The molecule has 4 aromatic carbocycles. The lowest BCUT2D eigenvalue weighted by Crippen LogP contribution is -2.15. The van der Waals surface area contributed by atoms with E-state index in [1.54, 1.807) is 0 Å². The molecule has 0 spiro atoms. The van der Waals surface area contributed by atoms with E-state index in [1.807, 2.05) is 22.9 Å². The minimum atomic E-state index is 0.896. The summed E-state index contributed by atoms with van der Waals surface area (Å²) in [7, 11) is 0.